The van der Waals surface area contributed by atoms with Crippen molar-refractivity contribution >= 4 is 27.8 Å². The molecule has 1 aliphatic carbocycles. The number of fused-ring (bicyclic) bond motifs is 2. The van der Waals surface area contributed by atoms with Gasteiger partial charge in [0.05, 0.1) is 5.69 Å². The van der Waals surface area contributed by atoms with Gasteiger partial charge in [-0.3, -0.25) is 4.99 Å². The molecule has 1 fully saturated rings. The molecule has 14 heavy (non-hydrogen) atoms. The monoisotopic (exact) mass is 249 g/mol. The Bertz CT molecular complexity index is 399. The summed E-state index contributed by atoms with van der Waals surface area (Å²) in [4.78, 5) is 4.51. The van der Waals surface area contributed by atoms with Gasteiger partial charge in [0, 0.05) is 17.0 Å². The molecule has 2 aliphatic rings. The lowest BCUT2D eigenvalue weighted by Crippen LogP contribution is -2.07. The lowest BCUT2D eigenvalue weighted by molar-refractivity contribution is 0.740. The van der Waals surface area contributed by atoms with Crippen molar-refractivity contribution in [2.75, 3.05) is 5.33 Å². The number of nitrogens with zero attached hydrogens (tertiary/aromatic N) is 1. The maximum Gasteiger partial charge on any atom is 0.0667 e. The Morgan fingerprint density at radius 3 is 3.14 bits per heavy atom. The minimum absolute atomic E-state index is 0.324. The highest BCUT2D eigenvalue weighted by molar-refractivity contribution is 9.09. The highest BCUT2D eigenvalue weighted by Crippen LogP contribution is 2.59. The summed E-state index contributed by atoms with van der Waals surface area (Å²) in [5.74, 6) is 0.814. The molecule has 1 aromatic rings. The fraction of sp³-hybridized carbons (Fsp3) is 0.417. The topological polar surface area (TPSA) is 12.4 Å². The molecule has 0 N–H and O–H groups in total. The molecule has 2 atom stereocenters. The molecule has 3 rings (SSSR count). The van der Waals surface area contributed by atoms with Crippen molar-refractivity contribution in [3.63, 3.8) is 0 Å². The van der Waals surface area contributed by atoms with E-state index in [1.807, 2.05) is 0 Å². The molecule has 1 aliphatic heterocycles. The van der Waals surface area contributed by atoms with E-state index >= 15 is 0 Å². The van der Waals surface area contributed by atoms with Crippen LogP contribution in [-0.4, -0.2) is 11.5 Å². The number of hydrogen-bond donors (Lipinski definition) is 0. The van der Waals surface area contributed by atoms with E-state index in [2.05, 4.69) is 51.4 Å². The van der Waals surface area contributed by atoms with Gasteiger partial charge in [0.2, 0.25) is 0 Å². The maximum atomic E-state index is 4.51. The molecule has 0 bridgehead atoms. The molecule has 0 aromatic heterocycles. The van der Waals surface area contributed by atoms with Crippen LogP contribution < -0.4 is 0 Å². The third-order valence-electron chi connectivity index (χ3n) is 3.45. The predicted molar refractivity (Wildman–Crippen MR) is 62.8 cm³/mol. The first-order chi connectivity index (χ1) is 6.87. The van der Waals surface area contributed by atoms with Crippen LogP contribution in [0.1, 0.15) is 18.4 Å². The number of halogens is 1. The van der Waals surface area contributed by atoms with Crippen molar-refractivity contribution in [2.45, 2.75) is 18.3 Å². The van der Waals surface area contributed by atoms with Gasteiger partial charge in [-0.05, 0) is 30.4 Å². The van der Waals surface area contributed by atoms with E-state index < -0.39 is 0 Å². The summed E-state index contributed by atoms with van der Waals surface area (Å²) in [7, 11) is 0. The van der Waals surface area contributed by atoms with Crippen molar-refractivity contribution in [1.29, 1.82) is 0 Å². The first-order valence-corrected chi connectivity index (χ1v) is 6.20. The Labute approximate surface area is 92.4 Å². The Hall–Kier alpha value is -0.630. The van der Waals surface area contributed by atoms with E-state index in [1.54, 1.807) is 0 Å². The first kappa shape index (κ1) is 8.66. The zero-order valence-electron chi connectivity index (χ0n) is 7.91. The Kier molecular flexibility index (Phi) is 1.81. The SMILES string of the molecule is BrCCC1CC12C=Nc1ccccc12. The van der Waals surface area contributed by atoms with Gasteiger partial charge in [-0.15, -0.1) is 0 Å². The second kappa shape index (κ2) is 2.93. The fourth-order valence-electron chi connectivity index (χ4n) is 2.56. The number of hydrogen-bond acceptors (Lipinski definition) is 1. The Morgan fingerprint density at radius 1 is 1.43 bits per heavy atom. The van der Waals surface area contributed by atoms with E-state index in [9.17, 15) is 0 Å². The normalized spacial score (nSPS) is 32.2. The van der Waals surface area contributed by atoms with Gasteiger partial charge in [0.1, 0.15) is 0 Å². The van der Waals surface area contributed by atoms with Crippen LogP contribution in [-0.2, 0) is 5.41 Å². The van der Waals surface area contributed by atoms with Gasteiger partial charge < -0.3 is 0 Å². The molecule has 0 saturated heterocycles. The van der Waals surface area contributed by atoms with Crippen LogP contribution >= 0.6 is 15.9 Å². The molecular weight excluding hydrogens is 238 g/mol. The van der Waals surface area contributed by atoms with Crippen molar-refractivity contribution in [1.82, 2.24) is 0 Å². The number of alkyl halides is 1. The molecule has 1 heterocycles. The lowest BCUT2D eigenvalue weighted by Gasteiger charge is -2.07. The lowest BCUT2D eigenvalue weighted by atomic mass is 9.95. The van der Waals surface area contributed by atoms with Crippen LogP contribution in [0.15, 0.2) is 29.3 Å². The predicted octanol–water partition coefficient (Wildman–Crippen LogP) is 3.45. The van der Waals surface area contributed by atoms with E-state index in [-0.39, 0.29) is 0 Å². The van der Waals surface area contributed by atoms with Crippen molar-refractivity contribution in [3.8, 4) is 0 Å². The minimum Gasteiger partial charge on any atom is -0.260 e. The Balaban J connectivity index is 1.97. The average Bonchev–Trinajstić information content (AvgIpc) is 2.77. The van der Waals surface area contributed by atoms with Crippen LogP contribution in [0.2, 0.25) is 0 Å². The van der Waals surface area contributed by atoms with E-state index in [1.165, 1.54) is 24.1 Å². The standard InChI is InChI=1S/C12H12BrN/c13-6-5-9-7-12(9)8-14-11-4-2-1-3-10(11)12/h1-4,8-9H,5-7H2. The zero-order valence-corrected chi connectivity index (χ0v) is 9.50. The summed E-state index contributed by atoms with van der Waals surface area (Å²) in [6.07, 6.45) is 4.73. The summed E-state index contributed by atoms with van der Waals surface area (Å²) in [5, 5.41) is 1.11. The zero-order chi connectivity index (χ0) is 9.60. The van der Waals surface area contributed by atoms with Gasteiger partial charge in [-0.2, -0.15) is 0 Å². The Morgan fingerprint density at radius 2 is 2.29 bits per heavy atom. The number of benzene rings is 1. The number of para-hydroxylation sites is 1. The molecule has 2 heteroatoms. The molecule has 0 amide bonds. The molecule has 1 aromatic carbocycles. The number of aliphatic imine (C=N–C) groups is 1. The molecule has 0 radical (unpaired) electrons. The van der Waals surface area contributed by atoms with Crippen molar-refractivity contribution < 1.29 is 0 Å². The summed E-state index contributed by atoms with van der Waals surface area (Å²) >= 11 is 3.52. The smallest absolute Gasteiger partial charge is 0.0667 e. The molecule has 1 spiro atoms. The van der Waals surface area contributed by atoms with Crippen molar-refractivity contribution in [3.05, 3.63) is 29.8 Å². The summed E-state index contributed by atoms with van der Waals surface area (Å²) in [6, 6.07) is 8.54. The van der Waals surface area contributed by atoms with Gasteiger partial charge in [0.15, 0.2) is 0 Å². The molecular formula is C12H12BrN. The second-order valence-corrected chi connectivity index (χ2v) is 4.99. The van der Waals surface area contributed by atoms with E-state index in [4.69, 9.17) is 0 Å². The highest BCUT2D eigenvalue weighted by atomic mass is 79.9. The largest absolute Gasteiger partial charge is 0.260 e. The molecule has 72 valence electrons. The molecule has 1 saturated carbocycles. The molecule has 2 unspecified atom stereocenters. The third-order valence-corrected chi connectivity index (χ3v) is 3.91. The van der Waals surface area contributed by atoms with E-state index in [0.29, 0.717) is 5.41 Å². The maximum absolute atomic E-state index is 4.51. The quantitative estimate of drug-likeness (QED) is 0.713. The van der Waals surface area contributed by atoms with Crippen LogP contribution in [0.25, 0.3) is 0 Å². The molecule has 1 nitrogen and oxygen atoms in total. The second-order valence-electron chi connectivity index (χ2n) is 4.19. The van der Waals surface area contributed by atoms with Crippen LogP contribution in [0, 0.1) is 5.92 Å². The highest BCUT2D eigenvalue weighted by Gasteiger charge is 2.56. The number of rotatable bonds is 2. The fourth-order valence-corrected chi connectivity index (χ4v) is 3.11. The summed E-state index contributed by atoms with van der Waals surface area (Å²) < 4.78 is 0. The van der Waals surface area contributed by atoms with Crippen LogP contribution in [0.3, 0.4) is 0 Å². The first-order valence-electron chi connectivity index (χ1n) is 5.07. The summed E-state index contributed by atoms with van der Waals surface area (Å²) in [6.45, 7) is 0. The van der Waals surface area contributed by atoms with Gasteiger partial charge in [-0.1, -0.05) is 34.1 Å². The van der Waals surface area contributed by atoms with Crippen LogP contribution in [0.4, 0.5) is 5.69 Å². The van der Waals surface area contributed by atoms with E-state index in [0.717, 1.165) is 11.2 Å². The van der Waals surface area contributed by atoms with Gasteiger partial charge >= 0.3 is 0 Å². The third kappa shape index (κ3) is 1.04. The van der Waals surface area contributed by atoms with Gasteiger partial charge in [-0.25, -0.2) is 0 Å². The summed E-state index contributed by atoms with van der Waals surface area (Å²) in [5.41, 5.74) is 2.96. The van der Waals surface area contributed by atoms with Gasteiger partial charge in [0.25, 0.3) is 0 Å². The average molecular weight is 250 g/mol. The van der Waals surface area contributed by atoms with Crippen molar-refractivity contribution in [2.24, 2.45) is 10.9 Å². The minimum atomic E-state index is 0.324. The van der Waals surface area contributed by atoms with Crippen LogP contribution in [0.5, 0.6) is 0 Å².